The van der Waals surface area contributed by atoms with Gasteiger partial charge in [0.2, 0.25) is 0 Å². The quantitative estimate of drug-likeness (QED) is 0.748. The SMILES string of the molecule is CCOC(=O)C1CCC(O)(CS(C)(=O)=O)CC1. The van der Waals surface area contributed by atoms with Crippen molar-refractivity contribution in [3.63, 3.8) is 0 Å². The summed E-state index contributed by atoms with van der Waals surface area (Å²) in [7, 11) is -3.20. The molecule has 1 saturated carbocycles. The second-order valence-corrected chi connectivity index (χ2v) is 6.96. The summed E-state index contributed by atoms with van der Waals surface area (Å²) < 4.78 is 27.3. The van der Waals surface area contributed by atoms with Gasteiger partial charge in [-0.15, -0.1) is 0 Å². The molecule has 0 amide bonds. The highest BCUT2D eigenvalue weighted by Gasteiger charge is 2.38. The molecule has 0 aromatic heterocycles. The van der Waals surface area contributed by atoms with Crippen LogP contribution in [0.4, 0.5) is 0 Å². The fourth-order valence-electron chi connectivity index (χ4n) is 2.28. The normalized spacial score (nSPS) is 29.9. The fourth-order valence-corrected chi connectivity index (χ4v) is 3.55. The van der Waals surface area contributed by atoms with E-state index in [0.29, 0.717) is 32.3 Å². The maximum atomic E-state index is 11.5. The monoisotopic (exact) mass is 264 g/mol. The lowest BCUT2D eigenvalue weighted by molar-refractivity contribution is -0.150. The summed E-state index contributed by atoms with van der Waals surface area (Å²) in [4.78, 5) is 11.5. The van der Waals surface area contributed by atoms with Gasteiger partial charge < -0.3 is 9.84 Å². The molecule has 0 saturated heterocycles. The van der Waals surface area contributed by atoms with Gasteiger partial charge in [0.25, 0.3) is 0 Å². The van der Waals surface area contributed by atoms with Crippen LogP contribution in [0.15, 0.2) is 0 Å². The van der Waals surface area contributed by atoms with Crippen LogP contribution >= 0.6 is 0 Å². The number of esters is 1. The lowest BCUT2D eigenvalue weighted by Crippen LogP contribution is -2.42. The van der Waals surface area contributed by atoms with Gasteiger partial charge in [-0.3, -0.25) is 4.79 Å². The highest BCUT2D eigenvalue weighted by molar-refractivity contribution is 7.90. The minimum absolute atomic E-state index is 0.199. The molecule has 0 radical (unpaired) electrons. The predicted octanol–water partition coefficient (Wildman–Crippen LogP) is 0.515. The average Bonchev–Trinajstić information content (AvgIpc) is 2.15. The molecule has 100 valence electrons. The zero-order chi connectivity index (χ0) is 13.1. The van der Waals surface area contributed by atoms with Gasteiger partial charge in [0.05, 0.1) is 23.9 Å². The van der Waals surface area contributed by atoms with Crippen LogP contribution in [0, 0.1) is 5.92 Å². The molecular formula is C11H20O5S. The molecule has 0 aromatic rings. The van der Waals surface area contributed by atoms with Crippen molar-refractivity contribution >= 4 is 15.8 Å². The Labute approximate surface area is 102 Å². The highest BCUT2D eigenvalue weighted by atomic mass is 32.2. The largest absolute Gasteiger partial charge is 0.466 e. The molecule has 0 unspecified atom stereocenters. The van der Waals surface area contributed by atoms with E-state index >= 15 is 0 Å². The van der Waals surface area contributed by atoms with Crippen LogP contribution in [0.25, 0.3) is 0 Å². The number of carbonyl (C=O) groups excluding carboxylic acids is 1. The van der Waals surface area contributed by atoms with Crippen molar-refractivity contribution in [2.24, 2.45) is 5.92 Å². The Hall–Kier alpha value is -0.620. The molecule has 1 aliphatic rings. The lowest BCUT2D eigenvalue weighted by Gasteiger charge is -2.34. The van der Waals surface area contributed by atoms with E-state index in [0.717, 1.165) is 6.26 Å². The van der Waals surface area contributed by atoms with Crippen LogP contribution in [0.1, 0.15) is 32.6 Å². The van der Waals surface area contributed by atoms with Crippen LogP contribution in [0.5, 0.6) is 0 Å². The molecule has 0 aliphatic heterocycles. The van der Waals surface area contributed by atoms with Crippen molar-refractivity contribution in [2.45, 2.75) is 38.2 Å². The number of aliphatic hydroxyl groups is 1. The number of ether oxygens (including phenoxy) is 1. The third-order valence-corrected chi connectivity index (χ3v) is 4.13. The van der Waals surface area contributed by atoms with E-state index in [4.69, 9.17) is 4.74 Å². The first-order valence-corrected chi connectivity index (χ1v) is 7.88. The van der Waals surface area contributed by atoms with Crippen molar-refractivity contribution in [3.05, 3.63) is 0 Å². The number of rotatable bonds is 4. The van der Waals surface area contributed by atoms with Crippen molar-refractivity contribution in [1.29, 1.82) is 0 Å². The van der Waals surface area contributed by atoms with E-state index in [9.17, 15) is 18.3 Å². The Morgan fingerprint density at radius 1 is 1.41 bits per heavy atom. The lowest BCUT2D eigenvalue weighted by atomic mass is 9.80. The van der Waals surface area contributed by atoms with Crippen LogP contribution in [0.3, 0.4) is 0 Å². The Balaban J connectivity index is 2.52. The van der Waals surface area contributed by atoms with Crippen LogP contribution < -0.4 is 0 Å². The zero-order valence-electron chi connectivity index (χ0n) is 10.3. The van der Waals surface area contributed by atoms with Gasteiger partial charge in [-0.25, -0.2) is 8.42 Å². The van der Waals surface area contributed by atoms with Crippen molar-refractivity contribution in [1.82, 2.24) is 0 Å². The molecule has 0 bridgehead atoms. The highest BCUT2D eigenvalue weighted by Crippen LogP contribution is 2.33. The average molecular weight is 264 g/mol. The molecule has 0 atom stereocenters. The molecule has 17 heavy (non-hydrogen) atoms. The molecular weight excluding hydrogens is 244 g/mol. The maximum absolute atomic E-state index is 11.5. The van der Waals surface area contributed by atoms with Crippen LogP contribution in [-0.2, 0) is 19.4 Å². The maximum Gasteiger partial charge on any atom is 0.308 e. The van der Waals surface area contributed by atoms with E-state index in [1.807, 2.05) is 0 Å². The molecule has 1 N–H and O–H groups in total. The minimum Gasteiger partial charge on any atom is -0.466 e. The second-order valence-electron chi connectivity index (χ2n) is 4.82. The number of sulfone groups is 1. The first-order chi connectivity index (χ1) is 7.76. The molecule has 6 heteroatoms. The fraction of sp³-hybridized carbons (Fsp3) is 0.909. The summed E-state index contributed by atoms with van der Waals surface area (Å²) in [5.41, 5.74) is -1.17. The number of carbonyl (C=O) groups is 1. The van der Waals surface area contributed by atoms with E-state index in [-0.39, 0.29) is 17.6 Å². The van der Waals surface area contributed by atoms with Crippen LogP contribution in [-0.4, -0.2) is 43.7 Å². The van der Waals surface area contributed by atoms with E-state index < -0.39 is 15.4 Å². The van der Waals surface area contributed by atoms with E-state index in [2.05, 4.69) is 0 Å². The molecule has 5 nitrogen and oxygen atoms in total. The summed E-state index contributed by atoms with van der Waals surface area (Å²) in [6.45, 7) is 2.10. The molecule has 1 aliphatic carbocycles. The Bertz CT molecular complexity index is 365. The van der Waals surface area contributed by atoms with Crippen molar-refractivity contribution < 1.29 is 23.1 Å². The van der Waals surface area contributed by atoms with Gasteiger partial charge >= 0.3 is 5.97 Å². The summed E-state index contributed by atoms with van der Waals surface area (Å²) >= 11 is 0. The molecule has 0 aromatic carbocycles. The Morgan fingerprint density at radius 3 is 2.35 bits per heavy atom. The standard InChI is InChI=1S/C11H20O5S/c1-3-16-10(12)9-4-6-11(13,7-5-9)8-17(2,14)15/h9,13H,3-8H2,1-2H3. The van der Waals surface area contributed by atoms with E-state index in [1.54, 1.807) is 6.92 Å². The zero-order valence-corrected chi connectivity index (χ0v) is 11.1. The van der Waals surface area contributed by atoms with Gasteiger partial charge in [0.1, 0.15) is 9.84 Å². The first kappa shape index (κ1) is 14.4. The Kier molecular flexibility index (Phi) is 4.55. The first-order valence-electron chi connectivity index (χ1n) is 5.82. The smallest absolute Gasteiger partial charge is 0.308 e. The second kappa shape index (κ2) is 5.35. The minimum atomic E-state index is -3.20. The predicted molar refractivity (Wildman–Crippen MR) is 63.3 cm³/mol. The third-order valence-electron chi connectivity index (χ3n) is 3.07. The van der Waals surface area contributed by atoms with Gasteiger partial charge in [-0.2, -0.15) is 0 Å². The summed E-state index contributed by atoms with van der Waals surface area (Å²) in [6, 6.07) is 0. The Morgan fingerprint density at radius 2 is 1.94 bits per heavy atom. The van der Waals surface area contributed by atoms with Gasteiger partial charge in [-0.05, 0) is 32.6 Å². The van der Waals surface area contributed by atoms with Crippen molar-refractivity contribution in [2.75, 3.05) is 18.6 Å². The third kappa shape index (κ3) is 4.63. The van der Waals surface area contributed by atoms with Crippen molar-refractivity contribution in [3.8, 4) is 0 Å². The van der Waals surface area contributed by atoms with Gasteiger partial charge in [-0.1, -0.05) is 0 Å². The van der Waals surface area contributed by atoms with E-state index in [1.165, 1.54) is 0 Å². The number of hydrogen-bond acceptors (Lipinski definition) is 5. The topological polar surface area (TPSA) is 80.7 Å². The van der Waals surface area contributed by atoms with Crippen LogP contribution in [0.2, 0.25) is 0 Å². The molecule has 1 rings (SSSR count). The summed E-state index contributed by atoms with van der Waals surface area (Å²) in [5, 5.41) is 10.1. The van der Waals surface area contributed by atoms with Gasteiger partial charge in [0.15, 0.2) is 0 Å². The molecule has 0 heterocycles. The summed E-state index contributed by atoms with van der Waals surface area (Å²) in [6.07, 6.45) is 2.77. The summed E-state index contributed by atoms with van der Waals surface area (Å²) in [5.74, 6) is -0.668. The molecule has 1 fully saturated rings. The number of hydrogen-bond donors (Lipinski definition) is 1. The van der Waals surface area contributed by atoms with Gasteiger partial charge in [0, 0.05) is 6.26 Å². The molecule has 0 spiro atoms.